The third kappa shape index (κ3) is 1.81. The molecule has 0 fully saturated rings. The van der Waals surface area contributed by atoms with E-state index in [1.165, 1.54) is 23.1 Å². The van der Waals surface area contributed by atoms with Crippen molar-refractivity contribution in [1.82, 2.24) is 0 Å². The predicted octanol–water partition coefficient (Wildman–Crippen LogP) is 4.12. The number of benzene rings is 1. The molecule has 0 spiro atoms. The van der Waals surface area contributed by atoms with E-state index in [0.717, 1.165) is 0 Å². The van der Waals surface area contributed by atoms with E-state index in [9.17, 15) is 0 Å². The van der Waals surface area contributed by atoms with Crippen molar-refractivity contribution in [2.75, 3.05) is 0 Å². The number of fused-ring (bicyclic) bond motifs is 1. The molecule has 0 heterocycles. The van der Waals surface area contributed by atoms with Crippen LogP contribution < -0.4 is 0 Å². The van der Waals surface area contributed by atoms with E-state index in [-0.39, 0.29) is 0 Å². The largest absolute Gasteiger partial charge is 0.0761 e. The Balaban J connectivity index is 2.51. The highest BCUT2D eigenvalue weighted by Crippen LogP contribution is 2.34. The van der Waals surface area contributed by atoms with Gasteiger partial charge in [0.25, 0.3) is 0 Å². The first-order chi connectivity index (χ1) is 6.89. The van der Waals surface area contributed by atoms with Crippen molar-refractivity contribution in [3.05, 3.63) is 39.6 Å². The molecule has 2 rings (SSSR count). The summed E-state index contributed by atoms with van der Waals surface area (Å²) in [5.41, 5.74) is 5.98. The van der Waals surface area contributed by atoms with Gasteiger partial charge < -0.3 is 0 Å². The first-order valence-corrected chi connectivity index (χ1v) is 9.20. The second kappa shape index (κ2) is 3.34. The Hall–Kier alpha value is -0.823. The highest BCUT2D eigenvalue weighted by Gasteiger charge is 2.25. The normalized spacial score (nSPS) is 15.1. The standard InChI is InChI=1S/C14H20Si/c1-10-6-7-11(2)14-9-12(8-13(10)14)15(3,4)5/h6-8H,9H2,1-5H3. The summed E-state index contributed by atoms with van der Waals surface area (Å²) in [6, 6.07) is 4.51. The quantitative estimate of drug-likeness (QED) is 0.619. The van der Waals surface area contributed by atoms with Crippen molar-refractivity contribution in [3.63, 3.8) is 0 Å². The molecule has 0 aliphatic heterocycles. The Morgan fingerprint density at radius 3 is 2.13 bits per heavy atom. The molecular weight excluding hydrogens is 196 g/mol. The van der Waals surface area contributed by atoms with E-state index in [1.807, 2.05) is 0 Å². The Bertz CT molecular complexity index is 433. The third-order valence-corrected chi connectivity index (χ3v) is 5.71. The average molecular weight is 216 g/mol. The van der Waals surface area contributed by atoms with Crippen LogP contribution in [0.15, 0.2) is 17.3 Å². The van der Waals surface area contributed by atoms with Crippen molar-refractivity contribution in [1.29, 1.82) is 0 Å². The molecule has 0 saturated carbocycles. The summed E-state index contributed by atoms with van der Waals surface area (Å²) in [5, 5.41) is 1.70. The molecule has 80 valence electrons. The van der Waals surface area contributed by atoms with Crippen LogP contribution in [0.5, 0.6) is 0 Å². The first kappa shape index (κ1) is 10.7. The summed E-state index contributed by atoms with van der Waals surface area (Å²) in [6.45, 7) is 11.8. The van der Waals surface area contributed by atoms with Crippen LogP contribution in [0.4, 0.5) is 0 Å². The highest BCUT2D eigenvalue weighted by atomic mass is 28.3. The van der Waals surface area contributed by atoms with Crippen LogP contribution >= 0.6 is 0 Å². The minimum Gasteiger partial charge on any atom is -0.0761 e. The maximum absolute atomic E-state index is 2.46. The van der Waals surface area contributed by atoms with Crippen LogP contribution in [0.3, 0.4) is 0 Å². The van der Waals surface area contributed by atoms with Gasteiger partial charge in [-0.3, -0.25) is 0 Å². The van der Waals surface area contributed by atoms with E-state index >= 15 is 0 Å². The van der Waals surface area contributed by atoms with E-state index in [0.29, 0.717) is 0 Å². The number of allylic oxidation sites excluding steroid dienone is 1. The van der Waals surface area contributed by atoms with Crippen molar-refractivity contribution >= 4 is 14.1 Å². The predicted molar refractivity (Wildman–Crippen MR) is 70.9 cm³/mol. The van der Waals surface area contributed by atoms with Gasteiger partial charge in [-0.25, -0.2) is 0 Å². The molecule has 1 aromatic carbocycles. The summed E-state index contributed by atoms with van der Waals surface area (Å²) in [7, 11) is -1.11. The molecule has 0 saturated heterocycles. The Morgan fingerprint density at radius 1 is 1.00 bits per heavy atom. The zero-order valence-corrected chi connectivity index (χ0v) is 11.4. The topological polar surface area (TPSA) is 0 Å². The Morgan fingerprint density at radius 2 is 1.60 bits per heavy atom. The summed E-state index contributed by atoms with van der Waals surface area (Å²) in [5.74, 6) is 0. The lowest BCUT2D eigenvalue weighted by Crippen LogP contribution is -2.23. The van der Waals surface area contributed by atoms with Crippen molar-refractivity contribution < 1.29 is 0 Å². The lowest BCUT2D eigenvalue weighted by molar-refractivity contribution is 1.19. The van der Waals surface area contributed by atoms with Crippen LogP contribution in [-0.2, 0) is 6.42 Å². The number of hydrogen-bond acceptors (Lipinski definition) is 0. The summed E-state index contributed by atoms with van der Waals surface area (Å²) >= 11 is 0. The second-order valence-electron chi connectivity index (χ2n) is 5.69. The SMILES string of the molecule is Cc1ccc(C)c2c1C=C([Si](C)(C)C)C2. The first-order valence-electron chi connectivity index (χ1n) is 5.70. The molecule has 0 radical (unpaired) electrons. The average Bonchev–Trinajstić information content (AvgIpc) is 2.56. The van der Waals surface area contributed by atoms with Gasteiger partial charge >= 0.3 is 0 Å². The molecule has 1 heteroatoms. The molecule has 0 bridgehead atoms. The molecule has 1 aliphatic rings. The minimum absolute atomic E-state index is 1.11. The Labute approximate surface area is 94.0 Å². The lowest BCUT2D eigenvalue weighted by Gasteiger charge is -2.17. The fraction of sp³-hybridized carbons (Fsp3) is 0.429. The van der Waals surface area contributed by atoms with Gasteiger partial charge in [0.05, 0.1) is 8.07 Å². The van der Waals surface area contributed by atoms with Crippen LogP contribution in [0.2, 0.25) is 19.6 Å². The second-order valence-corrected chi connectivity index (χ2v) is 10.8. The monoisotopic (exact) mass is 216 g/mol. The molecule has 0 amide bonds. The van der Waals surface area contributed by atoms with E-state index in [2.05, 4.69) is 51.7 Å². The van der Waals surface area contributed by atoms with E-state index in [4.69, 9.17) is 0 Å². The van der Waals surface area contributed by atoms with Crippen molar-refractivity contribution in [2.24, 2.45) is 0 Å². The van der Waals surface area contributed by atoms with Gasteiger partial charge in [-0.2, -0.15) is 0 Å². The molecule has 0 aromatic heterocycles. The van der Waals surface area contributed by atoms with Gasteiger partial charge in [-0.05, 0) is 42.5 Å². The number of hydrogen-bond donors (Lipinski definition) is 0. The molecule has 0 N–H and O–H groups in total. The van der Waals surface area contributed by atoms with Gasteiger partial charge in [0.15, 0.2) is 0 Å². The van der Waals surface area contributed by atoms with Gasteiger partial charge in [0.2, 0.25) is 0 Å². The maximum atomic E-state index is 2.46. The minimum atomic E-state index is -1.11. The molecule has 1 aliphatic carbocycles. The van der Waals surface area contributed by atoms with Crippen LogP contribution in [-0.4, -0.2) is 8.07 Å². The summed E-state index contributed by atoms with van der Waals surface area (Å²) < 4.78 is 0. The van der Waals surface area contributed by atoms with Crippen LogP contribution in [0, 0.1) is 13.8 Å². The van der Waals surface area contributed by atoms with Crippen LogP contribution in [0.1, 0.15) is 22.3 Å². The smallest absolute Gasteiger partial charge is 0.0729 e. The zero-order valence-electron chi connectivity index (χ0n) is 10.4. The molecule has 1 aromatic rings. The Kier molecular flexibility index (Phi) is 2.38. The number of aryl methyl sites for hydroxylation is 2. The van der Waals surface area contributed by atoms with Gasteiger partial charge in [0.1, 0.15) is 0 Å². The fourth-order valence-electron chi connectivity index (χ4n) is 2.22. The van der Waals surface area contributed by atoms with Gasteiger partial charge in [-0.1, -0.05) is 43.0 Å². The molecule has 15 heavy (non-hydrogen) atoms. The lowest BCUT2D eigenvalue weighted by atomic mass is 10.00. The zero-order chi connectivity index (χ0) is 11.2. The molecular formula is C14H20Si. The van der Waals surface area contributed by atoms with E-state index in [1.54, 1.807) is 10.8 Å². The summed E-state index contributed by atoms with van der Waals surface area (Å²) in [4.78, 5) is 0. The van der Waals surface area contributed by atoms with Gasteiger partial charge in [-0.15, -0.1) is 0 Å². The number of rotatable bonds is 1. The highest BCUT2D eigenvalue weighted by molar-refractivity contribution is 6.83. The maximum Gasteiger partial charge on any atom is 0.0729 e. The van der Waals surface area contributed by atoms with Gasteiger partial charge in [0, 0.05) is 0 Å². The molecule has 0 nitrogen and oxygen atoms in total. The summed E-state index contributed by atoms with van der Waals surface area (Å²) in [6.07, 6.45) is 3.67. The fourth-order valence-corrected chi connectivity index (χ4v) is 3.51. The molecule has 0 unspecified atom stereocenters. The van der Waals surface area contributed by atoms with Crippen molar-refractivity contribution in [3.8, 4) is 0 Å². The van der Waals surface area contributed by atoms with Crippen molar-refractivity contribution in [2.45, 2.75) is 39.9 Å². The van der Waals surface area contributed by atoms with E-state index < -0.39 is 8.07 Å². The van der Waals surface area contributed by atoms with Crippen LogP contribution in [0.25, 0.3) is 6.08 Å². The third-order valence-electron chi connectivity index (χ3n) is 3.46. The molecule has 0 atom stereocenters.